The van der Waals surface area contributed by atoms with Gasteiger partial charge in [-0.2, -0.15) is 5.10 Å². The molecule has 7 nitrogen and oxygen atoms in total. The van der Waals surface area contributed by atoms with Crippen LogP contribution in [-0.4, -0.2) is 34.8 Å². The quantitative estimate of drug-likeness (QED) is 0.806. The molecule has 0 saturated carbocycles. The molecule has 1 atom stereocenters. The second-order valence-electron chi connectivity index (χ2n) is 4.43. The highest BCUT2D eigenvalue weighted by Crippen LogP contribution is 2.17. The summed E-state index contributed by atoms with van der Waals surface area (Å²) < 4.78 is 10.6. The Hall–Kier alpha value is -2.57. The van der Waals surface area contributed by atoms with Gasteiger partial charge in [0.25, 0.3) is 0 Å². The van der Waals surface area contributed by atoms with Gasteiger partial charge in [-0.25, -0.2) is 4.98 Å². The fraction of sp³-hybridized carbons (Fsp3) is 0.357. The lowest BCUT2D eigenvalue weighted by Gasteiger charge is -2.11. The monoisotopic (exact) mass is 290 g/mol. The zero-order chi connectivity index (χ0) is 15.1. The van der Waals surface area contributed by atoms with Crippen LogP contribution in [0.15, 0.2) is 30.6 Å². The van der Waals surface area contributed by atoms with Crippen LogP contribution < -0.4 is 14.8 Å². The van der Waals surface area contributed by atoms with Crippen molar-refractivity contribution in [3.8, 4) is 11.5 Å². The van der Waals surface area contributed by atoms with E-state index in [-0.39, 0.29) is 18.4 Å². The second-order valence-corrected chi connectivity index (χ2v) is 4.43. The van der Waals surface area contributed by atoms with E-state index < -0.39 is 0 Å². The number of nitrogens with one attached hydrogen (secondary N) is 2. The first-order chi connectivity index (χ1) is 10.2. The summed E-state index contributed by atoms with van der Waals surface area (Å²) in [5.41, 5.74) is 0. The minimum absolute atomic E-state index is 0.104. The van der Waals surface area contributed by atoms with E-state index in [0.29, 0.717) is 18.2 Å². The Labute approximate surface area is 122 Å². The van der Waals surface area contributed by atoms with Gasteiger partial charge >= 0.3 is 0 Å². The molecular formula is C14H18N4O3. The number of benzene rings is 1. The van der Waals surface area contributed by atoms with Crippen molar-refractivity contribution in [2.24, 2.45) is 0 Å². The molecule has 0 saturated heterocycles. The van der Waals surface area contributed by atoms with E-state index in [2.05, 4.69) is 20.5 Å². The Morgan fingerprint density at radius 2 is 2.05 bits per heavy atom. The Kier molecular flexibility index (Phi) is 5.14. The molecule has 0 radical (unpaired) electrons. The van der Waals surface area contributed by atoms with E-state index in [4.69, 9.17) is 9.47 Å². The molecule has 112 valence electrons. The highest BCUT2D eigenvalue weighted by atomic mass is 16.5. The molecular weight excluding hydrogens is 272 g/mol. The van der Waals surface area contributed by atoms with Crippen LogP contribution in [0.4, 0.5) is 0 Å². The fourth-order valence-electron chi connectivity index (χ4n) is 1.74. The maximum atomic E-state index is 11.8. The zero-order valence-corrected chi connectivity index (χ0v) is 12.0. The van der Waals surface area contributed by atoms with Crippen LogP contribution in [-0.2, 0) is 4.79 Å². The Balaban J connectivity index is 1.71. The number of aromatic nitrogens is 3. The molecule has 1 aromatic carbocycles. The Bertz CT molecular complexity index is 554. The van der Waals surface area contributed by atoms with Crippen molar-refractivity contribution in [2.45, 2.75) is 19.4 Å². The van der Waals surface area contributed by atoms with E-state index in [1.165, 1.54) is 6.33 Å². The van der Waals surface area contributed by atoms with Gasteiger partial charge in [-0.15, -0.1) is 0 Å². The van der Waals surface area contributed by atoms with Crippen molar-refractivity contribution in [1.82, 2.24) is 20.5 Å². The summed E-state index contributed by atoms with van der Waals surface area (Å²) in [6, 6.07) is 7.01. The van der Waals surface area contributed by atoms with Gasteiger partial charge in [0, 0.05) is 0 Å². The largest absolute Gasteiger partial charge is 0.497 e. The van der Waals surface area contributed by atoms with Gasteiger partial charge < -0.3 is 14.8 Å². The summed E-state index contributed by atoms with van der Waals surface area (Å²) in [6.07, 6.45) is 1.68. The molecule has 1 aromatic heterocycles. The van der Waals surface area contributed by atoms with E-state index in [1.54, 1.807) is 31.4 Å². The standard InChI is InChI=1S/C14H18N4O3/c1-10(14-15-9-16-18-14)17-13(19)7-8-21-12-5-3-11(20-2)4-6-12/h3-6,9-10H,7-8H2,1-2H3,(H,17,19)(H,15,16,18). The summed E-state index contributed by atoms with van der Waals surface area (Å²) in [6.45, 7) is 2.14. The summed E-state index contributed by atoms with van der Waals surface area (Å²) in [5, 5.41) is 9.27. The number of H-pyrrole nitrogens is 1. The maximum Gasteiger partial charge on any atom is 0.224 e. The number of hydrogen-bond acceptors (Lipinski definition) is 5. The SMILES string of the molecule is COc1ccc(OCCC(=O)NC(C)c2ncn[nH]2)cc1. The van der Waals surface area contributed by atoms with Crippen LogP contribution >= 0.6 is 0 Å². The molecule has 7 heteroatoms. The normalized spacial score (nSPS) is 11.7. The average molecular weight is 290 g/mol. The lowest BCUT2D eigenvalue weighted by atomic mass is 10.3. The van der Waals surface area contributed by atoms with Gasteiger partial charge in [0.05, 0.1) is 26.2 Å². The third-order valence-electron chi connectivity index (χ3n) is 2.88. The number of methoxy groups -OCH3 is 1. The molecule has 0 bridgehead atoms. The van der Waals surface area contributed by atoms with Crippen molar-refractivity contribution in [3.05, 3.63) is 36.4 Å². The molecule has 1 unspecified atom stereocenters. The molecule has 0 fully saturated rings. The molecule has 0 aliphatic rings. The van der Waals surface area contributed by atoms with Gasteiger partial charge in [0.1, 0.15) is 23.7 Å². The maximum absolute atomic E-state index is 11.8. The van der Waals surface area contributed by atoms with Crippen molar-refractivity contribution < 1.29 is 14.3 Å². The number of amides is 1. The number of carbonyl (C=O) groups is 1. The Morgan fingerprint density at radius 1 is 1.33 bits per heavy atom. The molecule has 1 amide bonds. The van der Waals surface area contributed by atoms with Gasteiger partial charge in [-0.3, -0.25) is 9.89 Å². The van der Waals surface area contributed by atoms with Gasteiger partial charge in [0.15, 0.2) is 0 Å². The fourth-order valence-corrected chi connectivity index (χ4v) is 1.74. The Morgan fingerprint density at radius 3 is 2.67 bits per heavy atom. The molecule has 0 aliphatic heterocycles. The minimum Gasteiger partial charge on any atom is -0.497 e. The minimum atomic E-state index is -0.207. The van der Waals surface area contributed by atoms with Crippen molar-refractivity contribution in [2.75, 3.05) is 13.7 Å². The topological polar surface area (TPSA) is 89.1 Å². The van der Waals surface area contributed by atoms with E-state index in [9.17, 15) is 4.79 Å². The molecule has 2 aromatic rings. The molecule has 2 rings (SSSR count). The number of rotatable bonds is 7. The van der Waals surface area contributed by atoms with E-state index in [1.807, 2.05) is 6.92 Å². The third kappa shape index (κ3) is 4.48. The average Bonchev–Trinajstić information content (AvgIpc) is 3.02. The first-order valence-corrected chi connectivity index (χ1v) is 6.60. The molecule has 2 N–H and O–H groups in total. The highest BCUT2D eigenvalue weighted by Gasteiger charge is 2.11. The number of nitrogens with zero attached hydrogens (tertiary/aromatic N) is 2. The van der Waals surface area contributed by atoms with Crippen molar-refractivity contribution in [1.29, 1.82) is 0 Å². The molecule has 0 aliphatic carbocycles. The van der Waals surface area contributed by atoms with E-state index in [0.717, 1.165) is 5.75 Å². The highest BCUT2D eigenvalue weighted by molar-refractivity contribution is 5.76. The number of ether oxygens (including phenoxy) is 2. The van der Waals surface area contributed by atoms with Crippen LogP contribution in [0.5, 0.6) is 11.5 Å². The summed E-state index contributed by atoms with van der Waals surface area (Å²) in [7, 11) is 1.61. The molecule has 0 spiro atoms. The van der Waals surface area contributed by atoms with Gasteiger partial charge in [-0.1, -0.05) is 0 Å². The van der Waals surface area contributed by atoms with Crippen LogP contribution in [0.3, 0.4) is 0 Å². The van der Waals surface area contributed by atoms with Gasteiger partial charge in [0.2, 0.25) is 5.91 Å². The summed E-state index contributed by atoms with van der Waals surface area (Å²) in [4.78, 5) is 15.8. The lowest BCUT2D eigenvalue weighted by Crippen LogP contribution is -2.28. The van der Waals surface area contributed by atoms with Crippen LogP contribution in [0.1, 0.15) is 25.2 Å². The zero-order valence-electron chi connectivity index (χ0n) is 12.0. The summed E-state index contributed by atoms with van der Waals surface area (Å²) >= 11 is 0. The van der Waals surface area contributed by atoms with E-state index >= 15 is 0 Å². The molecule has 21 heavy (non-hydrogen) atoms. The number of aromatic amines is 1. The third-order valence-corrected chi connectivity index (χ3v) is 2.88. The van der Waals surface area contributed by atoms with Crippen LogP contribution in [0.2, 0.25) is 0 Å². The molecule has 1 heterocycles. The van der Waals surface area contributed by atoms with Crippen LogP contribution in [0, 0.1) is 0 Å². The smallest absolute Gasteiger partial charge is 0.224 e. The van der Waals surface area contributed by atoms with Crippen LogP contribution in [0.25, 0.3) is 0 Å². The first-order valence-electron chi connectivity index (χ1n) is 6.60. The summed E-state index contributed by atoms with van der Waals surface area (Å²) in [5.74, 6) is 1.99. The van der Waals surface area contributed by atoms with Gasteiger partial charge in [-0.05, 0) is 31.2 Å². The number of hydrogen-bond donors (Lipinski definition) is 2. The first kappa shape index (κ1) is 14.8. The second kappa shape index (κ2) is 7.28. The van der Waals surface area contributed by atoms with Crippen molar-refractivity contribution >= 4 is 5.91 Å². The van der Waals surface area contributed by atoms with Crippen molar-refractivity contribution in [3.63, 3.8) is 0 Å². The number of carbonyl (C=O) groups excluding carboxylic acids is 1. The lowest BCUT2D eigenvalue weighted by molar-refractivity contribution is -0.122. The predicted molar refractivity (Wildman–Crippen MR) is 76.0 cm³/mol. The predicted octanol–water partition coefficient (Wildman–Crippen LogP) is 1.46.